The van der Waals surface area contributed by atoms with Gasteiger partial charge in [0.25, 0.3) is 0 Å². The van der Waals surface area contributed by atoms with Gasteiger partial charge in [0.1, 0.15) is 0 Å². The number of aromatic nitrogens is 1. The number of likely N-dealkylation sites (tertiary alicyclic amines) is 1. The number of nitrogens with zero attached hydrogens (tertiary/aromatic N) is 2. The van der Waals surface area contributed by atoms with Crippen LogP contribution >= 0.6 is 0 Å². The monoisotopic (exact) mass is 162 g/mol. The van der Waals surface area contributed by atoms with Crippen LogP contribution in [0.2, 0.25) is 0 Å². The van der Waals surface area contributed by atoms with Crippen molar-refractivity contribution in [3.8, 4) is 0 Å². The van der Waals surface area contributed by atoms with Gasteiger partial charge in [0.05, 0.1) is 0 Å². The summed E-state index contributed by atoms with van der Waals surface area (Å²) in [6.07, 6.45) is 1.88. The lowest BCUT2D eigenvalue weighted by molar-refractivity contribution is 0.155. The predicted octanol–water partition coefficient (Wildman–Crippen LogP) is 1.50. The Balaban J connectivity index is 1.97. The van der Waals surface area contributed by atoms with E-state index in [-0.39, 0.29) is 0 Å². The first kappa shape index (κ1) is 7.74. The minimum Gasteiger partial charge on any atom is -0.302 e. The van der Waals surface area contributed by atoms with Gasteiger partial charge in [0.15, 0.2) is 0 Å². The van der Waals surface area contributed by atoms with Gasteiger partial charge in [-0.25, -0.2) is 0 Å². The summed E-state index contributed by atoms with van der Waals surface area (Å²) in [5, 5.41) is 0. The largest absolute Gasteiger partial charge is 0.302 e. The fourth-order valence-corrected chi connectivity index (χ4v) is 1.63. The van der Waals surface area contributed by atoms with E-state index in [2.05, 4.69) is 28.9 Å². The standard InChI is InChI=1S/C10H14N2/c1-2-12-7-9(8-12)10-5-3-4-6-11-10/h3-6,9H,2,7-8H2,1H3. The van der Waals surface area contributed by atoms with Crippen LogP contribution in [0.5, 0.6) is 0 Å². The molecule has 0 aromatic carbocycles. The van der Waals surface area contributed by atoms with E-state index < -0.39 is 0 Å². The second-order valence-electron chi connectivity index (χ2n) is 3.30. The van der Waals surface area contributed by atoms with Crippen LogP contribution in [0.4, 0.5) is 0 Å². The summed E-state index contributed by atoms with van der Waals surface area (Å²) in [7, 11) is 0. The Bertz CT molecular complexity index is 239. The molecular weight excluding hydrogens is 148 g/mol. The summed E-state index contributed by atoms with van der Waals surface area (Å²) >= 11 is 0. The summed E-state index contributed by atoms with van der Waals surface area (Å²) in [5.74, 6) is 0.686. The topological polar surface area (TPSA) is 16.1 Å². The first-order valence-electron chi connectivity index (χ1n) is 4.53. The molecule has 2 nitrogen and oxygen atoms in total. The van der Waals surface area contributed by atoms with Gasteiger partial charge in [0, 0.05) is 30.9 Å². The normalized spacial score (nSPS) is 19.1. The second-order valence-corrected chi connectivity index (χ2v) is 3.30. The Labute approximate surface area is 73.2 Å². The highest BCUT2D eigenvalue weighted by Gasteiger charge is 2.26. The molecule has 12 heavy (non-hydrogen) atoms. The van der Waals surface area contributed by atoms with Crippen LogP contribution in [0, 0.1) is 0 Å². The van der Waals surface area contributed by atoms with Gasteiger partial charge >= 0.3 is 0 Å². The van der Waals surface area contributed by atoms with Crippen molar-refractivity contribution in [1.29, 1.82) is 0 Å². The molecule has 2 heterocycles. The van der Waals surface area contributed by atoms with E-state index in [0.717, 1.165) is 0 Å². The van der Waals surface area contributed by atoms with Gasteiger partial charge in [-0.2, -0.15) is 0 Å². The lowest BCUT2D eigenvalue weighted by atomic mass is 9.96. The molecule has 2 rings (SSSR count). The third-order valence-corrected chi connectivity index (χ3v) is 2.51. The first-order valence-corrected chi connectivity index (χ1v) is 4.53. The van der Waals surface area contributed by atoms with Crippen molar-refractivity contribution < 1.29 is 0 Å². The van der Waals surface area contributed by atoms with Gasteiger partial charge in [-0.1, -0.05) is 13.0 Å². The highest BCUT2D eigenvalue weighted by Crippen LogP contribution is 2.24. The Morgan fingerprint density at radius 2 is 2.33 bits per heavy atom. The summed E-state index contributed by atoms with van der Waals surface area (Å²) in [5.41, 5.74) is 1.25. The zero-order valence-electron chi connectivity index (χ0n) is 7.40. The molecule has 1 aromatic rings. The van der Waals surface area contributed by atoms with Gasteiger partial charge in [-0.3, -0.25) is 4.98 Å². The molecule has 0 atom stereocenters. The molecule has 1 aliphatic heterocycles. The zero-order valence-corrected chi connectivity index (χ0v) is 7.40. The Morgan fingerprint density at radius 1 is 1.50 bits per heavy atom. The molecule has 0 radical (unpaired) electrons. The molecule has 0 aliphatic carbocycles. The third kappa shape index (κ3) is 1.34. The Kier molecular flexibility index (Phi) is 2.09. The van der Waals surface area contributed by atoms with E-state index in [1.165, 1.54) is 25.3 Å². The molecule has 1 saturated heterocycles. The average Bonchev–Trinajstić information content (AvgIpc) is 2.04. The average molecular weight is 162 g/mol. The number of hydrogen-bond donors (Lipinski definition) is 0. The molecular formula is C10H14N2. The van der Waals surface area contributed by atoms with Gasteiger partial charge in [-0.05, 0) is 18.7 Å². The quantitative estimate of drug-likeness (QED) is 0.655. The van der Waals surface area contributed by atoms with Crippen molar-refractivity contribution in [2.75, 3.05) is 19.6 Å². The summed E-state index contributed by atoms with van der Waals surface area (Å²) in [6.45, 7) is 5.75. The van der Waals surface area contributed by atoms with Crippen molar-refractivity contribution in [3.05, 3.63) is 30.1 Å². The maximum absolute atomic E-state index is 4.34. The third-order valence-electron chi connectivity index (χ3n) is 2.51. The van der Waals surface area contributed by atoms with E-state index in [4.69, 9.17) is 0 Å². The fraction of sp³-hybridized carbons (Fsp3) is 0.500. The van der Waals surface area contributed by atoms with E-state index >= 15 is 0 Å². The van der Waals surface area contributed by atoms with Crippen molar-refractivity contribution in [2.45, 2.75) is 12.8 Å². The summed E-state index contributed by atoms with van der Waals surface area (Å²) < 4.78 is 0. The first-order chi connectivity index (χ1) is 5.90. The van der Waals surface area contributed by atoms with Crippen molar-refractivity contribution >= 4 is 0 Å². The highest BCUT2D eigenvalue weighted by molar-refractivity contribution is 5.13. The lowest BCUT2D eigenvalue weighted by Gasteiger charge is -2.38. The molecule has 2 heteroatoms. The van der Waals surface area contributed by atoms with Crippen LogP contribution in [0.25, 0.3) is 0 Å². The van der Waals surface area contributed by atoms with E-state index in [0.29, 0.717) is 5.92 Å². The molecule has 0 saturated carbocycles. The summed E-state index contributed by atoms with van der Waals surface area (Å²) in [6, 6.07) is 6.16. The maximum Gasteiger partial charge on any atom is 0.0460 e. The minimum absolute atomic E-state index is 0.686. The van der Waals surface area contributed by atoms with Gasteiger partial charge in [-0.15, -0.1) is 0 Å². The highest BCUT2D eigenvalue weighted by atomic mass is 15.2. The SMILES string of the molecule is CCN1CC(c2ccccn2)C1. The smallest absolute Gasteiger partial charge is 0.0460 e. The number of hydrogen-bond acceptors (Lipinski definition) is 2. The van der Waals surface area contributed by atoms with Crippen LogP contribution < -0.4 is 0 Å². The summed E-state index contributed by atoms with van der Waals surface area (Å²) in [4.78, 5) is 6.77. The molecule has 0 amide bonds. The van der Waals surface area contributed by atoms with E-state index in [1.807, 2.05) is 12.3 Å². The van der Waals surface area contributed by atoms with E-state index in [9.17, 15) is 0 Å². The molecule has 1 fully saturated rings. The molecule has 0 unspecified atom stereocenters. The Morgan fingerprint density at radius 3 is 2.92 bits per heavy atom. The molecule has 0 spiro atoms. The minimum atomic E-state index is 0.686. The van der Waals surface area contributed by atoms with Gasteiger partial charge in [0.2, 0.25) is 0 Å². The number of rotatable bonds is 2. The van der Waals surface area contributed by atoms with E-state index in [1.54, 1.807) is 0 Å². The number of likely N-dealkylation sites (N-methyl/N-ethyl adjacent to an activating group) is 1. The van der Waals surface area contributed by atoms with Crippen molar-refractivity contribution in [3.63, 3.8) is 0 Å². The van der Waals surface area contributed by atoms with Crippen LogP contribution in [0.15, 0.2) is 24.4 Å². The molecule has 0 N–H and O–H groups in total. The predicted molar refractivity (Wildman–Crippen MR) is 49.1 cm³/mol. The van der Waals surface area contributed by atoms with Crippen LogP contribution in [0.3, 0.4) is 0 Å². The lowest BCUT2D eigenvalue weighted by Crippen LogP contribution is -2.44. The fourth-order valence-electron chi connectivity index (χ4n) is 1.63. The molecule has 0 bridgehead atoms. The maximum atomic E-state index is 4.34. The van der Waals surface area contributed by atoms with Crippen LogP contribution in [-0.2, 0) is 0 Å². The second kappa shape index (κ2) is 3.23. The van der Waals surface area contributed by atoms with Crippen LogP contribution in [0.1, 0.15) is 18.5 Å². The molecule has 1 aromatic heterocycles. The number of pyridine rings is 1. The van der Waals surface area contributed by atoms with Gasteiger partial charge < -0.3 is 4.90 Å². The zero-order chi connectivity index (χ0) is 8.39. The van der Waals surface area contributed by atoms with Crippen LogP contribution in [-0.4, -0.2) is 29.5 Å². The van der Waals surface area contributed by atoms with Crippen molar-refractivity contribution in [2.24, 2.45) is 0 Å². The molecule has 1 aliphatic rings. The molecule has 64 valence electrons. The van der Waals surface area contributed by atoms with Crippen molar-refractivity contribution in [1.82, 2.24) is 9.88 Å². The Hall–Kier alpha value is -0.890.